The van der Waals surface area contributed by atoms with Gasteiger partial charge >= 0.3 is 6.03 Å². The van der Waals surface area contributed by atoms with Gasteiger partial charge in [0.2, 0.25) is 23.5 Å². The van der Waals surface area contributed by atoms with Gasteiger partial charge in [-0.2, -0.15) is 0 Å². The van der Waals surface area contributed by atoms with Crippen molar-refractivity contribution < 1.29 is 28.8 Å². The van der Waals surface area contributed by atoms with Crippen molar-refractivity contribution in [2.24, 2.45) is 45.5 Å². The summed E-state index contributed by atoms with van der Waals surface area (Å²) in [4.78, 5) is 81.7. The van der Waals surface area contributed by atoms with Gasteiger partial charge in [-0.05, 0) is 73.5 Å². The van der Waals surface area contributed by atoms with E-state index >= 15 is 0 Å². The number of likely N-dealkylation sites (tertiary alicyclic amines) is 1. The van der Waals surface area contributed by atoms with Crippen LogP contribution in [0.4, 0.5) is 4.79 Å². The summed E-state index contributed by atoms with van der Waals surface area (Å²) < 4.78 is 0. The Bertz CT molecular complexity index is 1300. The molecule has 3 aliphatic rings. The van der Waals surface area contributed by atoms with Crippen molar-refractivity contribution in [3.05, 3.63) is 0 Å². The first kappa shape index (κ1) is 42.2. The molecule has 0 bridgehead atoms. The summed E-state index contributed by atoms with van der Waals surface area (Å²) in [6, 6.07) is -4.01. The van der Waals surface area contributed by atoms with Gasteiger partial charge in [-0.1, -0.05) is 81.1 Å². The predicted octanol–water partition coefficient (Wildman–Crippen LogP) is 3.13. The van der Waals surface area contributed by atoms with Gasteiger partial charge in [0.05, 0.1) is 12.1 Å². The van der Waals surface area contributed by atoms with E-state index in [0.717, 1.165) is 38.5 Å². The van der Waals surface area contributed by atoms with Crippen molar-refractivity contribution in [1.82, 2.24) is 26.2 Å². The largest absolute Gasteiger partial charge is 0.363 e. The normalized spacial score (nSPS) is 23.4. The lowest BCUT2D eigenvalue weighted by Crippen LogP contribution is -2.62. The van der Waals surface area contributed by atoms with Crippen LogP contribution in [0.5, 0.6) is 0 Å². The van der Waals surface area contributed by atoms with Crippen LogP contribution < -0.4 is 32.7 Å². The number of carbonyl (C=O) groups is 6. The van der Waals surface area contributed by atoms with Crippen LogP contribution in [0.3, 0.4) is 0 Å². The Hall–Kier alpha value is -3.22. The van der Waals surface area contributed by atoms with E-state index in [1.165, 1.54) is 0 Å². The van der Waals surface area contributed by atoms with Gasteiger partial charge in [0, 0.05) is 25.0 Å². The minimum Gasteiger partial charge on any atom is -0.363 e. The van der Waals surface area contributed by atoms with E-state index < -0.39 is 64.2 Å². The summed E-state index contributed by atoms with van der Waals surface area (Å²) >= 11 is 0. The molecule has 2 aliphatic carbocycles. The molecule has 6 amide bonds. The molecular formula is C38H67N7O6. The van der Waals surface area contributed by atoms with Crippen LogP contribution in [-0.4, -0.2) is 83.1 Å². The highest BCUT2D eigenvalue weighted by Crippen LogP contribution is 2.54. The number of ketones is 1. The van der Waals surface area contributed by atoms with Crippen molar-refractivity contribution in [1.29, 1.82) is 0 Å². The molecule has 0 aromatic heterocycles. The SMILES string of the molecule is CC(C)[C@@]1(C2CCC2)C[C@@H](C(=O)NC(CC2CCC2)C(=O)C(N)=O)N(C(=O)[C@@H](NC(=O)NC(CNC(=O)CC(C)(C)N)C(C)(C)C)C(C)(C)C)C1. The molecule has 2 unspecified atom stereocenters. The summed E-state index contributed by atoms with van der Waals surface area (Å²) in [5, 5.41) is 11.6. The van der Waals surface area contributed by atoms with Gasteiger partial charge < -0.3 is 37.6 Å². The first-order valence-electron chi connectivity index (χ1n) is 18.9. The third kappa shape index (κ3) is 10.9. The zero-order valence-electron chi connectivity index (χ0n) is 32.9. The van der Waals surface area contributed by atoms with Crippen LogP contribution in [-0.2, 0) is 24.0 Å². The van der Waals surface area contributed by atoms with Crippen molar-refractivity contribution in [2.75, 3.05) is 13.1 Å². The first-order valence-corrected chi connectivity index (χ1v) is 18.9. The molecule has 0 radical (unpaired) electrons. The lowest BCUT2D eigenvalue weighted by molar-refractivity contribution is -0.143. The highest BCUT2D eigenvalue weighted by atomic mass is 16.2. The topological polar surface area (TPSA) is 206 Å². The summed E-state index contributed by atoms with van der Waals surface area (Å²) in [6.45, 7) is 19.7. The van der Waals surface area contributed by atoms with Crippen molar-refractivity contribution in [2.45, 2.75) is 157 Å². The number of hydrogen-bond donors (Lipinski definition) is 6. The lowest BCUT2D eigenvalue weighted by atomic mass is 9.59. The number of carbonyl (C=O) groups excluding carboxylic acids is 6. The number of rotatable bonds is 15. The van der Waals surface area contributed by atoms with Crippen LogP contribution in [0.2, 0.25) is 0 Å². The Kier molecular flexibility index (Phi) is 13.4. The molecule has 2 saturated carbocycles. The Morgan fingerprint density at radius 3 is 1.86 bits per heavy atom. The summed E-state index contributed by atoms with van der Waals surface area (Å²) in [6.07, 6.45) is 6.85. The van der Waals surface area contributed by atoms with Gasteiger partial charge in [-0.3, -0.25) is 24.0 Å². The molecule has 13 nitrogen and oxygen atoms in total. The fourth-order valence-electron chi connectivity index (χ4n) is 7.74. The highest BCUT2D eigenvalue weighted by molar-refractivity contribution is 6.37. The molecule has 1 aliphatic heterocycles. The number of urea groups is 1. The van der Waals surface area contributed by atoms with E-state index in [-0.39, 0.29) is 42.0 Å². The monoisotopic (exact) mass is 718 g/mol. The van der Waals surface area contributed by atoms with E-state index in [9.17, 15) is 28.8 Å². The number of hydrogen-bond acceptors (Lipinski definition) is 7. The lowest BCUT2D eigenvalue weighted by Gasteiger charge is -2.46. The quantitative estimate of drug-likeness (QED) is 0.140. The second kappa shape index (κ2) is 16.2. The van der Waals surface area contributed by atoms with E-state index in [1.807, 2.05) is 41.5 Å². The van der Waals surface area contributed by atoms with Crippen LogP contribution in [0, 0.1) is 34.0 Å². The van der Waals surface area contributed by atoms with Crippen LogP contribution in [0.25, 0.3) is 0 Å². The van der Waals surface area contributed by atoms with Crippen molar-refractivity contribution in [3.8, 4) is 0 Å². The van der Waals surface area contributed by atoms with Crippen LogP contribution >= 0.6 is 0 Å². The molecule has 8 N–H and O–H groups in total. The second-order valence-corrected chi connectivity index (χ2v) is 18.8. The fourth-order valence-corrected chi connectivity index (χ4v) is 7.74. The van der Waals surface area contributed by atoms with Gasteiger partial charge in [0.1, 0.15) is 12.1 Å². The Balaban J connectivity index is 1.89. The predicted molar refractivity (Wildman–Crippen MR) is 197 cm³/mol. The number of nitrogens with two attached hydrogens (primary N) is 2. The number of primary amides is 1. The minimum absolute atomic E-state index is 0.123. The summed E-state index contributed by atoms with van der Waals surface area (Å²) in [7, 11) is 0. The standard InChI is InChI=1S/C38H67N7O6/c1-22(2)38(24-15-12-16-24)18-26(32(49)42-25(29(47)31(39)48)17-23-13-11-14-23)45(21-38)33(50)30(36(6,7)8)44-34(51)43-27(35(3,4)5)20-41-28(46)19-37(9,10)40/h22-27,30H,11-21,40H2,1-10H3,(H2,39,48)(H,41,46)(H,42,49)(H2,43,44,51)/t25?,26-,27?,30+,38+/m0/s1. The number of amides is 6. The van der Waals surface area contributed by atoms with Gasteiger partial charge in [0.15, 0.2) is 0 Å². The molecule has 0 aromatic carbocycles. The molecule has 13 heteroatoms. The number of nitrogens with zero attached hydrogens (tertiary/aromatic N) is 1. The van der Waals surface area contributed by atoms with E-state index in [0.29, 0.717) is 25.3 Å². The molecule has 3 fully saturated rings. The second-order valence-electron chi connectivity index (χ2n) is 18.8. The summed E-state index contributed by atoms with van der Waals surface area (Å²) in [5.74, 6) is -2.31. The maximum atomic E-state index is 14.8. The van der Waals surface area contributed by atoms with Gasteiger partial charge in [-0.25, -0.2) is 4.79 Å². The molecule has 0 spiro atoms. The molecule has 51 heavy (non-hydrogen) atoms. The maximum Gasteiger partial charge on any atom is 0.315 e. The third-order valence-electron chi connectivity index (χ3n) is 11.6. The van der Waals surface area contributed by atoms with E-state index in [2.05, 4.69) is 35.1 Å². The molecule has 3 rings (SSSR count). The average Bonchev–Trinajstić information content (AvgIpc) is 3.33. The molecular weight excluding hydrogens is 650 g/mol. The Labute approximate surface area is 305 Å². The molecule has 0 aromatic rings. The van der Waals surface area contributed by atoms with E-state index in [1.54, 1.807) is 18.7 Å². The maximum absolute atomic E-state index is 14.8. The molecule has 290 valence electrons. The van der Waals surface area contributed by atoms with Crippen molar-refractivity contribution in [3.63, 3.8) is 0 Å². The summed E-state index contributed by atoms with van der Waals surface area (Å²) in [5.41, 5.74) is 9.21. The van der Waals surface area contributed by atoms with Crippen LogP contribution in [0.1, 0.15) is 127 Å². The number of nitrogens with one attached hydrogen (secondary N) is 4. The highest BCUT2D eigenvalue weighted by Gasteiger charge is 2.56. The van der Waals surface area contributed by atoms with E-state index in [4.69, 9.17) is 11.5 Å². The number of Topliss-reactive ketones (excluding diaryl/α,β-unsaturated/α-hetero) is 1. The molecule has 5 atom stereocenters. The zero-order chi connectivity index (χ0) is 38.7. The first-order chi connectivity index (χ1) is 23.4. The van der Waals surface area contributed by atoms with Gasteiger partial charge in [-0.15, -0.1) is 0 Å². The fraction of sp³-hybridized carbons (Fsp3) is 0.842. The Morgan fingerprint density at radius 2 is 1.43 bits per heavy atom. The molecule has 1 saturated heterocycles. The van der Waals surface area contributed by atoms with Gasteiger partial charge in [0.25, 0.3) is 5.91 Å². The zero-order valence-corrected chi connectivity index (χ0v) is 32.9. The third-order valence-corrected chi connectivity index (χ3v) is 11.6. The average molecular weight is 718 g/mol. The smallest absolute Gasteiger partial charge is 0.315 e. The van der Waals surface area contributed by atoms with Crippen LogP contribution in [0.15, 0.2) is 0 Å². The Morgan fingerprint density at radius 1 is 0.843 bits per heavy atom. The van der Waals surface area contributed by atoms with Crippen molar-refractivity contribution >= 4 is 35.4 Å². The molecule has 1 heterocycles. The minimum atomic E-state index is -1.09.